The number of hydrogen-bond donors (Lipinski definition) is 2. The van der Waals surface area contributed by atoms with Crippen molar-refractivity contribution in [3.05, 3.63) is 78.0 Å². The first-order valence-corrected chi connectivity index (χ1v) is 12.1. The van der Waals surface area contributed by atoms with Crippen LogP contribution in [0.2, 0.25) is 0 Å². The molecular formula is C23H23N5S2. The number of pyridine rings is 1. The van der Waals surface area contributed by atoms with E-state index >= 15 is 0 Å². The maximum atomic E-state index is 4.72. The van der Waals surface area contributed by atoms with Crippen molar-refractivity contribution < 1.29 is 0 Å². The van der Waals surface area contributed by atoms with Gasteiger partial charge in [-0.2, -0.15) is 9.97 Å². The summed E-state index contributed by atoms with van der Waals surface area (Å²) in [7, 11) is 0. The molecule has 2 heterocycles. The van der Waals surface area contributed by atoms with Gasteiger partial charge in [0.2, 0.25) is 5.95 Å². The van der Waals surface area contributed by atoms with Crippen molar-refractivity contribution in [2.45, 2.75) is 22.9 Å². The van der Waals surface area contributed by atoms with Gasteiger partial charge in [0.05, 0.1) is 5.39 Å². The SMILES string of the molecule is CSc1ccc(CNc2nc(NCc3ccc(SC)cc3)c3cccnc3n2)cc1. The lowest BCUT2D eigenvalue weighted by Crippen LogP contribution is -2.08. The maximum Gasteiger partial charge on any atom is 0.227 e. The van der Waals surface area contributed by atoms with E-state index in [1.807, 2.05) is 12.1 Å². The molecule has 152 valence electrons. The molecule has 0 saturated carbocycles. The Kier molecular flexibility index (Phi) is 6.71. The highest BCUT2D eigenvalue weighted by Gasteiger charge is 2.09. The molecule has 0 aliphatic rings. The van der Waals surface area contributed by atoms with Crippen LogP contribution < -0.4 is 10.6 Å². The van der Waals surface area contributed by atoms with Crippen LogP contribution in [0.25, 0.3) is 11.0 Å². The Morgan fingerprint density at radius 2 is 1.33 bits per heavy atom. The molecule has 0 spiro atoms. The predicted octanol–water partition coefficient (Wildman–Crippen LogP) is 5.69. The van der Waals surface area contributed by atoms with Crippen LogP contribution in [-0.4, -0.2) is 27.5 Å². The summed E-state index contributed by atoms with van der Waals surface area (Å²) in [5, 5.41) is 7.70. The molecule has 4 rings (SSSR count). The fraction of sp³-hybridized carbons (Fsp3) is 0.174. The van der Waals surface area contributed by atoms with Gasteiger partial charge in [-0.1, -0.05) is 24.3 Å². The average molecular weight is 434 g/mol. The summed E-state index contributed by atoms with van der Waals surface area (Å²) < 4.78 is 0. The third-order valence-electron chi connectivity index (χ3n) is 4.70. The Bertz CT molecular complexity index is 1110. The largest absolute Gasteiger partial charge is 0.365 e. The first-order chi connectivity index (χ1) is 14.7. The van der Waals surface area contributed by atoms with E-state index in [0.29, 0.717) is 24.7 Å². The van der Waals surface area contributed by atoms with Gasteiger partial charge in [0.25, 0.3) is 0 Å². The molecule has 0 atom stereocenters. The second-order valence-electron chi connectivity index (χ2n) is 6.67. The Labute approximate surface area is 185 Å². The predicted molar refractivity (Wildman–Crippen MR) is 128 cm³/mol. The third kappa shape index (κ3) is 5.04. The molecule has 0 bridgehead atoms. The normalized spacial score (nSPS) is 10.9. The van der Waals surface area contributed by atoms with E-state index < -0.39 is 0 Å². The number of benzene rings is 2. The smallest absolute Gasteiger partial charge is 0.227 e. The molecule has 0 amide bonds. The number of thioether (sulfide) groups is 2. The van der Waals surface area contributed by atoms with Crippen LogP contribution in [0.5, 0.6) is 0 Å². The quantitative estimate of drug-likeness (QED) is 0.346. The van der Waals surface area contributed by atoms with Crippen LogP contribution in [0.15, 0.2) is 76.7 Å². The zero-order chi connectivity index (χ0) is 20.8. The fourth-order valence-electron chi connectivity index (χ4n) is 3.03. The molecule has 0 saturated heterocycles. The highest BCUT2D eigenvalue weighted by Crippen LogP contribution is 2.22. The topological polar surface area (TPSA) is 62.7 Å². The number of anilines is 2. The Balaban J connectivity index is 1.52. The van der Waals surface area contributed by atoms with Gasteiger partial charge in [-0.25, -0.2) is 4.98 Å². The monoisotopic (exact) mass is 433 g/mol. The molecule has 0 aliphatic heterocycles. The van der Waals surface area contributed by atoms with Gasteiger partial charge in [0.15, 0.2) is 5.65 Å². The van der Waals surface area contributed by atoms with Crippen LogP contribution in [0.1, 0.15) is 11.1 Å². The van der Waals surface area contributed by atoms with Crippen molar-refractivity contribution in [3.8, 4) is 0 Å². The fourth-order valence-corrected chi connectivity index (χ4v) is 3.85. The minimum Gasteiger partial charge on any atom is -0.365 e. The number of hydrogen-bond acceptors (Lipinski definition) is 7. The molecule has 2 aromatic carbocycles. The Morgan fingerprint density at radius 3 is 1.93 bits per heavy atom. The summed E-state index contributed by atoms with van der Waals surface area (Å²) in [4.78, 5) is 16.2. The summed E-state index contributed by atoms with van der Waals surface area (Å²) in [5.41, 5.74) is 3.06. The van der Waals surface area contributed by atoms with Crippen molar-refractivity contribution in [3.63, 3.8) is 0 Å². The zero-order valence-corrected chi connectivity index (χ0v) is 18.6. The number of nitrogens with zero attached hydrogens (tertiary/aromatic N) is 3. The first-order valence-electron chi connectivity index (χ1n) is 9.61. The second-order valence-corrected chi connectivity index (χ2v) is 8.43. The number of fused-ring (bicyclic) bond motifs is 1. The van der Waals surface area contributed by atoms with Gasteiger partial charge in [0.1, 0.15) is 5.82 Å². The molecule has 2 N–H and O–H groups in total. The van der Waals surface area contributed by atoms with Crippen molar-refractivity contribution in [1.82, 2.24) is 15.0 Å². The molecule has 30 heavy (non-hydrogen) atoms. The van der Waals surface area contributed by atoms with E-state index in [2.05, 4.69) is 81.6 Å². The lowest BCUT2D eigenvalue weighted by atomic mass is 10.2. The van der Waals surface area contributed by atoms with Gasteiger partial charge in [-0.05, 0) is 60.0 Å². The van der Waals surface area contributed by atoms with Crippen molar-refractivity contribution in [2.75, 3.05) is 23.1 Å². The zero-order valence-electron chi connectivity index (χ0n) is 16.9. The number of nitrogens with one attached hydrogen (secondary N) is 2. The summed E-state index contributed by atoms with van der Waals surface area (Å²) in [6.07, 6.45) is 5.92. The molecule has 0 fully saturated rings. The lowest BCUT2D eigenvalue weighted by Gasteiger charge is -2.12. The van der Waals surface area contributed by atoms with Crippen LogP contribution >= 0.6 is 23.5 Å². The third-order valence-corrected chi connectivity index (χ3v) is 6.19. The molecule has 2 aromatic heterocycles. The molecular weight excluding hydrogens is 410 g/mol. The number of aromatic nitrogens is 3. The Morgan fingerprint density at radius 1 is 0.733 bits per heavy atom. The highest BCUT2D eigenvalue weighted by atomic mass is 32.2. The van der Waals surface area contributed by atoms with Crippen LogP contribution in [0, 0.1) is 0 Å². The van der Waals surface area contributed by atoms with E-state index in [4.69, 9.17) is 4.98 Å². The molecule has 5 nitrogen and oxygen atoms in total. The van der Waals surface area contributed by atoms with Crippen molar-refractivity contribution >= 4 is 46.3 Å². The minimum atomic E-state index is 0.565. The molecule has 0 aliphatic carbocycles. The van der Waals surface area contributed by atoms with E-state index in [9.17, 15) is 0 Å². The van der Waals surface area contributed by atoms with Gasteiger partial charge in [-0.15, -0.1) is 23.5 Å². The van der Waals surface area contributed by atoms with E-state index in [-0.39, 0.29) is 0 Å². The van der Waals surface area contributed by atoms with E-state index in [0.717, 1.165) is 11.2 Å². The lowest BCUT2D eigenvalue weighted by molar-refractivity contribution is 1.04. The summed E-state index contributed by atoms with van der Waals surface area (Å²) in [6.45, 7) is 1.34. The van der Waals surface area contributed by atoms with E-state index in [1.165, 1.54) is 20.9 Å². The minimum absolute atomic E-state index is 0.565. The second kappa shape index (κ2) is 9.82. The molecule has 4 aromatic rings. The molecule has 7 heteroatoms. The standard InChI is InChI=1S/C23H23N5S2/c1-29-18-9-5-16(6-10-18)14-25-22-20-4-3-13-24-21(20)27-23(28-22)26-15-17-7-11-19(30-2)12-8-17/h3-13H,14-15H2,1-2H3,(H2,24,25,26,27,28). The van der Waals surface area contributed by atoms with Crippen LogP contribution in [0.4, 0.5) is 11.8 Å². The van der Waals surface area contributed by atoms with Crippen LogP contribution in [-0.2, 0) is 13.1 Å². The Hall–Kier alpha value is -2.77. The number of rotatable bonds is 8. The average Bonchev–Trinajstić information content (AvgIpc) is 2.81. The summed E-state index contributed by atoms with van der Waals surface area (Å²) in [5.74, 6) is 1.35. The van der Waals surface area contributed by atoms with Crippen molar-refractivity contribution in [2.24, 2.45) is 0 Å². The van der Waals surface area contributed by atoms with Gasteiger partial charge in [-0.3, -0.25) is 0 Å². The highest BCUT2D eigenvalue weighted by molar-refractivity contribution is 7.98. The maximum absolute atomic E-state index is 4.72. The first kappa shape index (κ1) is 20.5. The van der Waals surface area contributed by atoms with Crippen LogP contribution in [0.3, 0.4) is 0 Å². The van der Waals surface area contributed by atoms with Crippen molar-refractivity contribution in [1.29, 1.82) is 0 Å². The summed E-state index contributed by atoms with van der Waals surface area (Å²) >= 11 is 3.48. The molecule has 0 radical (unpaired) electrons. The summed E-state index contributed by atoms with van der Waals surface area (Å²) in [6, 6.07) is 20.9. The van der Waals surface area contributed by atoms with Gasteiger partial charge < -0.3 is 10.6 Å². The van der Waals surface area contributed by atoms with Gasteiger partial charge in [0, 0.05) is 29.1 Å². The van der Waals surface area contributed by atoms with E-state index in [1.54, 1.807) is 29.7 Å². The van der Waals surface area contributed by atoms with Gasteiger partial charge >= 0.3 is 0 Å². The molecule has 0 unspecified atom stereocenters.